The van der Waals surface area contributed by atoms with Crippen LogP contribution in [0.4, 0.5) is 10.1 Å². The van der Waals surface area contributed by atoms with E-state index in [1.165, 1.54) is 53.1 Å². The number of hydrogen-bond donors (Lipinski definition) is 1. The molecule has 1 aliphatic rings. The van der Waals surface area contributed by atoms with E-state index in [1.807, 2.05) is 19.1 Å². The second-order valence-corrected chi connectivity index (χ2v) is 11.4. The van der Waals surface area contributed by atoms with E-state index < -0.39 is 0 Å². The highest BCUT2D eigenvalue weighted by atomic mass is 19.1. The molecule has 0 spiro atoms. The molecule has 2 aromatic carbocycles. The number of nitrogens with zero attached hydrogens (tertiary/aromatic N) is 1. The maximum absolute atomic E-state index is 15.5. The zero-order chi connectivity index (χ0) is 29.1. The third-order valence-electron chi connectivity index (χ3n) is 8.50. The van der Waals surface area contributed by atoms with Crippen LogP contribution < -0.4 is 15.8 Å². The average molecular weight is 545 g/mol. The van der Waals surface area contributed by atoms with Crippen molar-refractivity contribution < 1.29 is 4.39 Å². The van der Waals surface area contributed by atoms with Crippen molar-refractivity contribution in [2.75, 3.05) is 25.0 Å². The first kappa shape index (κ1) is 31.9. The number of unbranched alkanes of at least 4 members (excludes halogenated alkanes) is 1. The lowest BCUT2D eigenvalue weighted by atomic mass is 9.94. The molecule has 1 unspecified atom stereocenters. The van der Waals surface area contributed by atoms with Gasteiger partial charge in [-0.1, -0.05) is 77.1 Å². The van der Waals surface area contributed by atoms with Crippen LogP contribution in [-0.4, -0.2) is 24.5 Å². The summed E-state index contributed by atoms with van der Waals surface area (Å²) in [5.41, 5.74) is 6.85. The van der Waals surface area contributed by atoms with E-state index in [0.717, 1.165) is 49.2 Å². The summed E-state index contributed by atoms with van der Waals surface area (Å²) < 4.78 is 15.5. The Kier molecular flexibility index (Phi) is 12.7. The summed E-state index contributed by atoms with van der Waals surface area (Å²) >= 11 is 0. The molecule has 1 fully saturated rings. The second kappa shape index (κ2) is 16.0. The van der Waals surface area contributed by atoms with E-state index in [1.54, 1.807) is 6.07 Å². The summed E-state index contributed by atoms with van der Waals surface area (Å²) in [5.74, 6) is 1.15. The molecule has 2 aromatic rings. The molecule has 1 N–H and O–H groups in total. The molecule has 3 rings (SSSR count). The van der Waals surface area contributed by atoms with Crippen LogP contribution in [0.15, 0.2) is 54.3 Å². The molecule has 0 bridgehead atoms. The molecule has 0 amide bonds. The van der Waals surface area contributed by atoms with Gasteiger partial charge >= 0.3 is 0 Å². The standard InChI is InChI=1S/C37H53FN2/c1-8-16-31(24-32-19-20-33(26-36(32)38)39-37(17-9-2)34-22-27(34)7)35-25-28(10-3)30(23-29(35)11-4)18-14-15-21-40(12-5)13-6/h8,11,16-17,19-20,23,25-27,34,39H,9-10,12-15,18,21-22,24H2,1-7H3/b16-8-,29-11+,35-31+,37-17?/t27-,34?/m1/s1. The number of halogens is 1. The minimum absolute atomic E-state index is 0.144. The van der Waals surface area contributed by atoms with E-state index in [4.69, 9.17) is 0 Å². The number of anilines is 1. The molecular formula is C37H53FN2. The number of rotatable bonds is 15. The van der Waals surface area contributed by atoms with Gasteiger partial charge in [0.05, 0.1) is 0 Å². The van der Waals surface area contributed by atoms with Gasteiger partial charge in [-0.15, -0.1) is 0 Å². The number of nitrogens with one attached hydrogen (secondary N) is 1. The molecule has 2 nitrogen and oxygen atoms in total. The smallest absolute Gasteiger partial charge is 0.128 e. The normalized spacial score (nSPS) is 18.6. The molecule has 0 aliphatic heterocycles. The molecule has 218 valence electrons. The Hall–Kier alpha value is -2.65. The molecule has 3 heteroatoms. The molecule has 0 aromatic heterocycles. The lowest BCUT2D eigenvalue weighted by Crippen LogP contribution is -2.29. The van der Waals surface area contributed by atoms with Gasteiger partial charge in [-0.2, -0.15) is 0 Å². The molecule has 1 saturated carbocycles. The Balaban J connectivity index is 1.87. The van der Waals surface area contributed by atoms with Gasteiger partial charge in [0.1, 0.15) is 5.82 Å². The Labute approximate surface area is 243 Å². The minimum Gasteiger partial charge on any atom is -0.359 e. The lowest BCUT2D eigenvalue weighted by molar-refractivity contribution is 0.297. The van der Waals surface area contributed by atoms with Crippen LogP contribution in [-0.2, 0) is 19.3 Å². The highest BCUT2D eigenvalue weighted by Crippen LogP contribution is 2.43. The third-order valence-corrected chi connectivity index (χ3v) is 8.50. The van der Waals surface area contributed by atoms with Gasteiger partial charge in [-0.25, -0.2) is 4.39 Å². The topological polar surface area (TPSA) is 15.3 Å². The van der Waals surface area contributed by atoms with Crippen LogP contribution >= 0.6 is 0 Å². The average Bonchev–Trinajstić information content (AvgIpc) is 3.69. The molecule has 40 heavy (non-hydrogen) atoms. The molecule has 2 atom stereocenters. The Morgan fingerprint density at radius 2 is 1.75 bits per heavy atom. The quantitative estimate of drug-likeness (QED) is 0.227. The Morgan fingerprint density at radius 1 is 1.00 bits per heavy atom. The van der Waals surface area contributed by atoms with E-state index in [-0.39, 0.29) is 5.82 Å². The molecule has 0 radical (unpaired) electrons. The van der Waals surface area contributed by atoms with Crippen molar-refractivity contribution in [3.8, 4) is 0 Å². The predicted molar refractivity (Wildman–Crippen MR) is 174 cm³/mol. The number of aryl methyl sites for hydroxylation is 2. The predicted octanol–water partition coefficient (Wildman–Crippen LogP) is 8.18. The van der Waals surface area contributed by atoms with Crippen LogP contribution in [0.25, 0.3) is 11.6 Å². The summed E-state index contributed by atoms with van der Waals surface area (Å²) in [6.07, 6.45) is 16.0. The SMILES string of the molecule is C\C=C/C(Cc1ccc(NC(=CCC)C2C[C@H]2C)cc1F)=c1/cc(CC)c(CCCCN(CC)CC)c/c1=C\C. The summed E-state index contributed by atoms with van der Waals surface area (Å²) in [7, 11) is 0. The van der Waals surface area contributed by atoms with Crippen molar-refractivity contribution in [1.29, 1.82) is 0 Å². The molecule has 0 saturated heterocycles. The van der Waals surface area contributed by atoms with Crippen LogP contribution in [0, 0.1) is 17.7 Å². The van der Waals surface area contributed by atoms with Crippen molar-refractivity contribution >= 4 is 17.3 Å². The van der Waals surface area contributed by atoms with Crippen LogP contribution in [0.1, 0.15) is 90.8 Å². The fraction of sp³-hybridized carbons (Fsp3) is 0.514. The number of benzene rings is 2. The lowest BCUT2D eigenvalue weighted by Gasteiger charge is -2.18. The maximum atomic E-state index is 15.5. The van der Waals surface area contributed by atoms with Gasteiger partial charge in [0, 0.05) is 23.7 Å². The first-order chi connectivity index (χ1) is 19.4. The highest BCUT2D eigenvalue weighted by Gasteiger charge is 2.35. The zero-order valence-electron chi connectivity index (χ0n) is 26.2. The zero-order valence-corrected chi connectivity index (χ0v) is 26.2. The fourth-order valence-electron chi connectivity index (χ4n) is 5.83. The van der Waals surface area contributed by atoms with Crippen molar-refractivity contribution in [3.05, 3.63) is 87.2 Å². The largest absolute Gasteiger partial charge is 0.359 e. The molecular weight excluding hydrogens is 491 g/mol. The number of allylic oxidation sites excluding steroid dienone is 4. The second-order valence-electron chi connectivity index (χ2n) is 11.4. The summed E-state index contributed by atoms with van der Waals surface area (Å²) in [5, 5.41) is 5.99. The van der Waals surface area contributed by atoms with Gasteiger partial charge < -0.3 is 10.2 Å². The molecule has 1 aliphatic carbocycles. The summed E-state index contributed by atoms with van der Waals surface area (Å²) in [6.45, 7) is 18.8. The van der Waals surface area contributed by atoms with Gasteiger partial charge in [0.25, 0.3) is 0 Å². The number of hydrogen-bond acceptors (Lipinski definition) is 2. The maximum Gasteiger partial charge on any atom is 0.128 e. The minimum atomic E-state index is -0.144. The summed E-state index contributed by atoms with van der Waals surface area (Å²) in [6, 6.07) is 10.4. The summed E-state index contributed by atoms with van der Waals surface area (Å²) in [4.78, 5) is 2.50. The third kappa shape index (κ3) is 8.67. The van der Waals surface area contributed by atoms with E-state index in [9.17, 15) is 0 Å². The van der Waals surface area contributed by atoms with Crippen molar-refractivity contribution in [2.45, 2.75) is 93.4 Å². The first-order valence-corrected chi connectivity index (χ1v) is 15.8. The van der Waals surface area contributed by atoms with Crippen LogP contribution in [0.2, 0.25) is 0 Å². The van der Waals surface area contributed by atoms with E-state index in [0.29, 0.717) is 18.3 Å². The van der Waals surface area contributed by atoms with Gasteiger partial charge in [-0.3, -0.25) is 0 Å². The van der Waals surface area contributed by atoms with Crippen LogP contribution in [0.3, 0.4) is 0 Å². The van der Waals surface area contributed by atoms with Crippen molar-refractivity contribution in [1.82, 2.24) is 4.90 Å². The van der Waals surface area contributed by atoms with Crippen LogP contribution in [0.5, 0.6) is 0 Å². The van der Waals surface area contributed by atoms with Crippen molar-refractivity contribution in [3.63, 3.8) is 0 Å². The van der Waals surface area contributed by atoms with Gasteiger partial charge in [-0.05, 0) is 123 Å². The van der Waals surface area contributed by atoms with E-state index >= 15 is 4.39 Å². The molecule has 0 heterocycles. The first-order valence-electron chi connectivity index (χ1n) is 15.8. The van der Waals surface area contributed by atoms with Gasteiger partial charge in [0.15, 0.2) is 0 Å². The Bertz CT molecular complexity index is 1280. The van der Waals surface area contributed by atoms with Gasteiger partial charge in [0.2, 0.25) is 0 Å². The Morgan fingerprint density at radius 3 is 2.33 bits per heavy atom. The monoisotopic (exact) mass is 544 g/mol. The van der Waals surface area contributed by atoms with Crippen molar-refractivity contribution in [2.24, 2.45) is 11.8 Å². The fourth-order valence-corrected chi connectivity index (χ4v) is 5.83. The highest BCUT2D eigenvalue weighted by molar-refractivity contribution is 5.62. The van der Waals surface area contributed by atoms with E-state index in [2.05, 4.69) is 88.2 Å².